The van der Waals surface area contributed by atoms with Gasteiger partial charge in [-0.15, -0.1) is 11.8 Å². The number of aromatic nitrogens is 2. The largest absolute Gasteiger partial charge is 0.480 e. The van der Waals surface area contributed by atoms with E-state index < -0.39 is 12.0 Å². The second kappa shape index (κ2) is 6.49. The number of carboxylic acid groups (broad SMARTS) is 1. The molecule has 20 heavy (non-hydrogen) atoms. The zero-order valence-electron chi connectivity index (χ0n) is 10.3. The highest BCUT2D eigenvalue weighted by Crippen LogP contribution is 2.18. The number of hydrogen-bond acceptors (Lipinski definition) is 6. The molecule has 1 aromatic carbocycles. The summed E-state index contributed by atoms with van der Waals surface area (Å²) >= 11 is 1.29. The molecule has 0 bridgehead atoms. The number of aliphatic carboxylic acids is 1. The number of rotatable bonds is 6. The Kier molecular flexibility index (Phi) is 4.70. The quantitative estimate of drug-likeness (QED) is 0.833. The molecule has 1 atom stereocenters. The van der Waals surface area contributed by atoms with Gasteiger partial charge in [0.05, 0.1) is 5.75 Å². The van der Waals surface area contributed by atoms with Crippen molar-refractivity contribution in [3.63, 3.8) is 0 Å². The van der Waals surface area contributed by atoms with E-state index in [1.807, 2.05) is 0 Å². The predicted octanol–water partition coefficient (Wildman–Crippen LogP) is 1.52. The van der Waals surface area contributed by atoms with Crippen molar-refractivity contribution in [1.29, 1.82) is 0 Å². The summed E-state index contributed by atoms with van der Waals surface area (Å²) in [6.07, 6.45) is 0. The van der Waals surface area contributed by atoms with Crippen LogP contribution in [0.4, 0.5) is 4.39 Å². The highest BCUT2D eigenvalue weighted by atomic mass is 32.2. The van der Waals surface area contributed by atoms with E-state index in [0.717, 1.165) is 0 Å². The molecule has 0 spiro atoms. The maximum absolute atomic E-state index is 12.8. The minimum absolute atomic E-state index is 0.254. The summed E-state index contributed by atoms with van der Waals surface area (Å²) in [5.74, 6) is -0.0283. The third-order valence-electron chi connectivity index (χ3n) is 2.41. The lowest BCUT2D eigenvalue weighted by atomic mass is 10.2. The monoisotopic (exact) mass is 297 g/mol. The van der Waals surface area contributed by atoms with Crippen molar-refractivity contribution < 1.29 is 18.8 Å². The molecular weight excluding hydrogens is 285 g/mol. The van der Waals surface area contributed by atoms with Crippen molar-refractivity contribution in [3.8, 4) is 11.4 Å². The fourth-order valence-corrected chi connectivity index (χ4v) is 2.18. The van der Waals surface area contributed by atoms with Gasteiger partial charge in [0, 0.05) is 11.3 Å². The fourth-order valence-electron chi connectivity index (χ4n) is 1.37. The fraction of sp³-hybridized carbons (Fsp3) is 0.250. The lowest BCUT2D eigenvalue weighted by molar-refractivity contribution is -0.137. The zero-order valence-corrected chi connectivity index (χ0v) is 11.1. The third kappa shape index (κ3) is 3.78. The van der Waals surface area contributed by atoms with Crippen LogP contribution in [0.2, 0.25) is 0 Å². The molecule has 0 aliphatic carbocycles. The summed E-state index contributed by atoms with van der Waals surface area (Å²) in [5.41, 5.74) is 6.02. The number of halogens is 1. The number of nitrogens with two attached hydrogens (primary N) is 1. The number of hydrogen-bond donors (Lipinski definition) is 2. The van der Waals surface area contributed by atoms with E-state index in [4.69, 9.17) is 15.4 Å². The minimum Gasteiger partial charge on any atom is -0.480 e. The van der Waals surface area contributed by atoms with E-state index in [0.29, 0.717) is 23.0 Å². The van der Waals surface area contributed by atoms with Crippen LogP contribution in [0.1, 0.15) is 5.89 Å². The Bertz CT molecular complexity index is 588. The molecule has 0 amide bonds. The molecule has 0 saturated carbocycles. The van der Waals surface area contributed by atoms with Gasteiger partial charge in [0.25, 0.3) is 0 Å². The van der Waals surface area contributed by atoms with E-state index in [1.165, 1.54) is 23.9 Å². The van der Waals surface area contributed by atoms with Gasteiger partial charge in [-0.2, -0.15) is 4.98 Å². The average molecular weight is 297 g/mol. The Morgan fingerprint density at radius 1 is 1.45 bits per heavy atom. The molecule has 1 unspecified atom stereocenters. The number of thioether (sulfide) groups is 1. The van der Waals surface area contributed by atoms with E-state index in [1.54, 1.807) is 12.1 Å². The molecule has 2 rings (SSSR count). The first-order chi connectivity index (χ1) is 9.56. The lowest BCUT2D eigenvalue weighted by Gasteiger charge is -2.03. The van der Waals surface area contributed by atoms with Gasteiger partial charge < -0.3 is 15.4 Å². The van der Waals surface area contributed by atoms with Gasteiger partial charge in [0.15, 0.2) is 0 Å². The molecular formula is C12H12FN3O3S. The first-order valence-electron chi connectivity index (χ1n) is 5.71. The van der Waals surface area contributed by atoms with Crippen LogP contribution < -0.4 is 5.73 Å². The maximum atomic E-state index is 12.8. The van der Waals surface area contributed by atoms with Crippen LogP contribution in [0.3, 0.4) is 0 Å². The molecule has 0 saturated heterocycles. The van der Waals surface area contributed by atoms with Crippen LogP contribution in [0.5, 0.6) is 0 Å². The Labute approximate surface area is 118 Å². The summed E-state index contributed by atoms with van der Waals surface area (Å²) in [6.45, 7) is 0. The van der Waals surface area contributed by atoms with Crippen molar-refractivity contribution in [1.82, 2.24) is 10.1 Å². The maximum Gasteiger partial charge on any atom is 0.321 e. The van der Waals surface area contributed by atoms with Crippen LogP contribution in [0.25, 0.3) is 11.4 Å². The molecule has 3 N–H and O–H groups in total. The van der Waals surface area contributed by atoms with Crippen molar-refractivity contribution in [2.24, 2.45) is 5.73 Å². The first-order valence-corrected chi connectivity index (χ1v) is 6.86. The Morgan fingerprint density at radius 2 is 2.15 bits per heavy atom. The van der Waals surface area contributed by atoms with Crippen LogP contribution >= 0.6 is 11.8 Å². The molecule has 6 nitrogen and oxygen atoms in total. The topological polar surface area (TPSA) is 102 Å². The van der Waals surface area contributed by atoms with E-state index in [2.05, 4.69) is 10.1 Å². The normalized spacial score (nSPS) is 12.3. The van der Waals surface area contributed by atoms with Gasteiger partial charge >= 0.3 is 5.97 Å². The highest BCUT2D eigenvalue weighted by Gasteiger charge is 2.13. The molecule has 1 aromatic heterocycles. The second-order valence-electron chi connectivity index (χ2n) is 3.98. The van der Waals surface area contributed by atoms with Crippen LogP contribution in [-0.2, 0) is 10.5 Å². The predicted molar refractivity (Wildman–Crippen MR) is 71.5 cm³/mol. The number of carbonyl (C=O) groups is 1. The Morgan fingerprint density at radius 3 is 2.80 bits per heavy atom. The van der Waals surface area contributed by atoms with Gasteiger partial charge in [-0.05, 0) is 24.3 Å². The third-order valence-corrected chi connectivity index (χ3v) is 3.46. The van der Waals surface area contributed by atoms with Gasteiger partial charge in [-0.3, -0.25) is 4.79 Å². The summed E-state index contributed by atoms with van der Waals surface area (Å²) in [7, 11) is 0. The van der Waals surface area contributed by atoms with E-state index in [-0.39, 0.29) is 11.6 Å². The van der Waals surface area contributed by atoms with Gasteiger partial charge in [-0.1, -0.05) is 5.16 Å². The van der Waals surface area contributed by atoms with Crippen LogP contribution in [-0.4, -0.2) is 33.0 Å². The second-order valence-corrected chi connectivity index (χ2v) is 5.01. The standard InChI is InChI=1S/C12H12FN3O3S/c13-8-3-1-7(2-4-8)11-15-10(19-16-11)6-20-5-9(14)12(17)18/h1-4,9H,5-6,14H2,(H,17,18). The number of nitrogens with zero attached hydrogens (tertiary/aromatic N) is 2. The molecule has 8 heteroatoms. The first kappa shape index (κ1) is 14.5. The minimum atomic E-state index is -1.05. The number of benzene rings is 1. The molecule has 1 heterocycles. The number of carboxylic acids is 1. The average Bonchev–Trinajstić information content (AvgIpc) is 2.88. The lowest BCUT2D eigenvalue weighted by Crippen LogP contribution is -2.32. The SMILES string of the molecule is NC(CSCc1nc(-c2ccc(F)cc2)no1)C(=O)O. The van der Waals surface area contributed by atoms with Gasteiger partial charge in [-0.25, -0.2) is 4.39 Å². The van der Waals surface area contributed by atoms with E-state index >= 15 is 0 Å². The summed E-state index contributed by atoms with van der Waals surface area (Å²) in [4.78, 5) is 14.7. The van der Waals surface area contributed by atoms with Crippen molar-refractivity contribution in [2.45, 2.75) is 11.8 Å². The van der Waals surface area contributed by atoms with Crippen molar-refractivity contribution in [3.05, 3.63) is 36.0 Å². The molecule has 0 radical (unpaired) electrons. The molecule has 0 aliphatic heterocycles. The van der Waals surface area contributed by atoms with Crippen LogP contribution in [0, 0.1) is 5.82 Å². The molecule has 106 valence electrons. The highest BCUT2D eigenvalue weighted by molar-refractivity contribution is 7.98. The van der Waals surface area contributed by atoms with E-state index in [9.17, 15) is 9.18 Å². The van der Waals surface area contributed by atoms with Crippen molar-refractivity contribution >= 4 is 17.7 Å². The molecule has 2 aromatic rings. The summed E-state index contributed by atoms with van der Waals surface area (Å²) in [5, 5.41) is 12.4. The van der Waals surface area contributed by atoms with Crippen LogP contribution in [0.15, 0.2) is 28.8 Å². The molecule has 0 aliphatic rings. The molecule has 0 fully saturated rings. The summed E-state index contributed by atoms with van der Waals surface area (Å²) in [6, 6.07) is 4.81. The summed E-state index contributed by atoms with van der Waals surface area (Å²) < 4.78 is 17.8. The zero-order chi connectivity index (χ0) is 14.5. The Balaban J connectivity index is 1.92. The van der Waals surface area contributed by atoms with Gasteiger partial charge in [0.1, 0.15) is 11.9 Å². The smallest absolute Gasteiger partial charge is 0.321 e. The van der Waals surface area contributed by atoms with Crippen molar-refractivity contribution in [2.75, 3.05) is 5.75 Å². The Hall–Kier alpha value is -1.93. The van der Waals surface area contributed by atoms with Gasteiger partial charge in [0.2, 0.25) is 11.7 Å².